The van der Waals surface area contributed by atoms with Crippen LogP contribution in [0.3, 0.4) is 0 Å². The van der Waals surface area contributed by atoms with E-state index >= 15 is 0 Å². The molecule has 0 bridgehead atoms. The summed E-state index contributed by atoms with van der Waals surface area (Å²) in [5.74, 6) is 0. The lowest BCUT2D eigenvalue weighted by molar-refractivity contribution is 0.722. The average molecular weight is 384 g/mol. The van der Waals surface area contributed by atoms with E-state index in [1.807, 2.05) is 37.3 Å². The Labute approximate surface area is 144 Å². The molecule has 0 radical (unpaired) electrons. The SMILES string of the molecule is Cc1ccc(NC(=S)NC(C)c2ccc(Br)cc2)c(Cl)c1. The van der Waals surface area contributed by atoms with Crippen LogP contribution in [0, 0.1) is 6.92 Å². The van der Waals surface area contributed by atoms with Crippen LogP contribution < -0.4 is 10.6 Å². The van der Waals surface area contributed by atoms with Crippen LogP contribution in [0.2, 0.25) is 5.02 Å². The lowest BCUT2D eigenvalue weighted by Crippen LogP contribution is -2.30. The van der Waals surface area contributed by atoms with Gasteiger partial charge < -0.3 is 10.6 Å². The van der Waals surface area contributed by atoms with Crippen molar-refractivity contribution in [1.82, 2.24) is 5.32 Å². The van der Waals surface area contributed by atoms with Crippen LogP contribution in [0.25, 0.3) is 0 Å². The van der Waals surface area contributed by atoms with Crippen molar-refractivity contribution >= 4 is 50.5 Å². The molecule has 21 heavy (non-hydrogen) atoms. The van der Waals surface area contributed by atoms with Crippen molar-refractivity contribution in [3.05, 3.63) is 63.1 Å². The fraction of sp³-hybridized carbons (Fsp3) is 0.188. The lowest BCUT2D eigenvalue weighted by Gasteiger charge is -2.18. The summed E-state index contributed by atoms with van der Waals surface area (Å²) in [5, 5.41) is 7.60. The van der Waals surface area contributed by atoms with Crippen molar-refractivity contribution < 1.29 is 0 Å². The Morgan fingerprint density at radius 2 is 1.86 bits per heavy atom. The van der Waals surface area contributed by atoms with Crippen LogP contribution in [0.4, 0.5) is 5.69 Å². The second-order valence-corrected chi connectivity index (χ2v) is 6.59. The van der Waals surface area contributed by atoms with Gasteiger partial charge in [-0.2, -0.15) is 0 Å². The summed E-state index contributed by atoms with van der Waals surface area (Å²) in [6, 6.07) is 14.1. The largest absolute Gasteiger partial charge is 0.356 e. The molecule has 0 saturated carbocycles. The molecular weight excluding hydrogens is 368 g/mol. The van der Waals surface area contributed by atoms with Gasteiger partial charge in [-0.15, -0.1) is 0 Å². The molecule has 0 fully saturated rings. The van der Waals surface area contributed by atoms with Gasteiger partial charge in [0.05, 0.1) is 16.8 Å². The molecule has 2 aromatic rings. The van der Waals surface area contributed by atoms with Gasteiger partial charge in [0.1, 0.15) is 0 Å². The third-order valence-electron chi connectivity index (χ3n) is 3.09. The normalized spacial score (nSPS) is 11.8. The van der Waals surface area contributed by atoms with Crippen molar-refractivity contribution in [3.63, 3.8) is 0 Å². The number of hydrogen-bond donors (Lipinski definition) is 2. The van der Waals surface area contributed by atoms with E-state index in [-0.39, 0.29) is 6.04 Å². The van der Waals surface area contributed by atoms with Crippen LogP contribution in [-0.2, 0) is 0 Å². The molecule has 2 rings (SSSR count). The highest BCUT2D eigenvalue weighted by atomic mass is 79.9. The predicted octanol–water partition coefficient (Wildman–Crippen LogP) is 5.46. The second-order valence-electron chi connectivity index (χ2n) is 4.86. The topological polar surface area (TPSA) is 24.1 Å². The van der Waals surface area contributed by atoms with Crippen molar-refractivity contribution in [2.75, 3.05) is 5.32 Å². The van der Waals surface area contributed by atoms with Crippen LogP contribution in [-0.4, -0.2) is 5.11 Å². The highest BCUT2D eigenvalue weighted by molar-refractivity contribution is 9.10. The molecule has 0 aliphatic heterocycles. The van der Waals surface area contributed by atoms with Gasteiger partial charge in [0, 0.05) is 4.47 Å². The van der Waals surface area contributed by atoms with E-state index in [2.05, 4.69) is 45.6 Å². The minimum Gasteiger partial charge on any atom is -0.356 e. The molecule has 0 aromatic heterocycles. The highest BCUT2D eigenvalue weighted by Gasteiger charge is 2.08. The Morgan fingerprint density at radius 1 is 1.19 bits per heavy atom. The molecule has 5 heteroatoms. The first-order chi connectivity index (χ1) is 9.95. The van der Waals surface area contributed by atoms with Crippen LogP contribution in [0.1, 0.15) is 24.1 Å². The third kappa shape index (κ3) is 4.70. The molecule has 2 nitrogen and oxygen atoms in total. The summed E-state index contributed by atoms with van der Waals surface area (Å²) in [6.45, 7) is 4.07. The molecular formula is C16H16BrClN2S. The van der Waals surface area contributed by atoms with Crippen molar-refractivity contribution in [2.24, 2.45) is 0 Å². The smallest absolute Gasteiger partial charge is 0.171 e. The van der Waals surface area contributed by atoms with Gasteiger partial charge in [0.25, 0.3) is 0 Å². The summed E-state index contributed by atoms with van der Waals surface area (Å²) in [4.78, 5) is 0. The Morgan fingerprint density at radius 3 is 2.48 bits per heavy atom. The average Bonchev–Trinajstić information content (AvgIpc) is 2.42. The molecule has 0 spiro atoms. The number of hydrogen-bond acceptors (Lipinski definition) is 1. The maximum Gasteiger partial charge on any atom is 0.171 e. The van der Waals surface area contributed by atoms with Crippen LogP contribution >= 0.6 is 39.7 Å². The number of aryl methyl sites for hydroxylation is 1. The Bertz CT molecular complexity index is 643. The van der Waals surface area contributed by atoms with E-state index in [4.69, 9.17) is 23.8 Å². The first-order valence-electron chi connectivity index (χ1n) is 6.55. The monoisotopic (exact) mass is 382 g/mol. The second kappa shape index (κ2) is 7.25. The van der Waals surface area contributed by atoms with Gasteiger partial charge in [-0.1, -0.05) is 45.7 Å². The molecule has 110 valence electrons. The Kier molecular flexibility index (Phi) is 5.62. The lowest BCUT2D eigenvalue weighted by atomic mass is 10.1. The van der Waals surface area contributed by atoms with Gasteiger partial charge in [0.15, 0.2) is 5.11 Å². The first kappa shape index (κ1) is 16.3. The summed E-state index contributed by atoms with van der Waals surface area (Å²) < 4.78 is 1.06. The van der Waals surface area contributed by atoms with Crippen LogP contribution in [0.15, 0.2) is 46.9 Å². The fourth-order valence-corrected chi connectivity index (χ4v) is 2.74. The van der Waals surface area contributed by atoms with Gasteiger partial charge in [-0.05, 0) is 61.5 Å². The van der Waals surface area contributed by atoms with Gasteiger partial charge >= 0.3 is 0 Å². The van der Waals surface area contributed by atoms with E-state index in [1.165, 1.54) is 0 Å². The van der Waals surface area contributed by atoms with Crippen molar-refractivity contribution in [3.8, 4) is 0 Å². The number of rotatable bonds is 3. The zero-order chi connectivity index (χ0) is 15.4. The third-order valence-corrected chi connectivity index (χ3v) is 4.15. The highest BCUT2D eigenvalue weighted by Crippen LogP contribution is 2.23. The first-order valence-corrected chi connectivity index (χ1v) is 8.13. The minimum absolute atomic E-state index is 0.113. The summed E-state index contributed by atoms with van der Waals surface area (Å²) in [6.07, 6.45) is 0. The zero-order valence-electron chi connectivity index (χ0n) is 11.8. The van der Waals surface area contributed by atoms with Crippen molar-refractivity contribution in [2.45, 2.75) is 19.9 Å². The summed E-state index contributed by atoms with van der Waals surface area (Å²) in [5.41, 5.74) is 3.09. The predicted molar refractivity (Wildman–Crippen MR) is 98.1 cm³/mol. The molecule has 0 saturated heterocycles. The number of thiocarbonyl (C=S) groups is 1. The minimum atomic E-state index is 0.113. The van der Waals surface area contributed by atoms with E-state index in [1.54, 1.807) is 0 Å². The van der Waals surface area contributed by atoms with Gasteiger partial charge in [0.2, 0.25) is 0 Å². The molecule has 2 N–H and O–H groups in total. The fourth-order valence-electron chi connectivity index (χ4n) is 1.91. The number of halogens is 2. The Balaban J connectivity index is 1.99. The molecule has 0 aliphatic rings. The van der Waals surface area contributed by atoms with E-state index in [9.17, 15) is 0 Å². The maximum atomic E-state index is 6.19. The Hall–Kier alpha value is -1.10. The van der Waals surface area contributed by atoms with Gasteiger partial charge in [-0.25, -0.2) is 0 Å². The van der Waals surface area contributed by atoms with E-state index in [0.29, 0.717) is 10.1 Å². The van der Waals surface area contributed by atoms with Gasteiger partial charge in [-0.3, -0.25) is 0 Å². The molecule has 0 amide bonds. The zero-order valence-corrected chi connectivity index (χ0v) is 14.9. The molecule has 1 atom stereocenters. The van der Waals surface area contributed by atoms with Crippen LogP contribution in [0.5, 0.6) is 0 Å². The number of anilines is 1. The molecule has 0 aliphatic carbocycles. The molecule has 1 unspecified atom stereocenters. The summed E-state index contributed by atoms with van der Waals surface area (Å²) in [7, 11) is 0. The number of nitrogens with one attached hydrogen (secondary N) is 2. The molecule has 2 aromatic carbocycles. The summed E-state index contributed by atoms with van der Waals surface area (Å²) >= 11 is 15.0. The van der Waals surface area contributed by atoms with E-state index in [0.717, 1.165) is 21.3 Å². The quantitative estimate of drug-likeness (QED) is 0.688. The number of benzene rings is 2. The van der Waals surface area contributed by atoms with Crippen molar-refractivity contribution in [1.29, 1.82) is 0 Å². The van der Waals surface area contributed by atoms with E-state index < -0.39 is 0 Å². The standard InChI is InChI=1S/C16H16BrClN2S/c1-10-3-8-15(14(18)9-10)20-16(21)19-11(2)12-4-6-13(17)7-5-12/h3-9,11H,1-2H3,(H2,19,20,21). The molecule has 0 heterocycles. The maximum absolute atomic E-state index is 6.19.